The first-order valence-corrected chi connectivity index (χ1v) is 14.6. The van der Waals surface area contributed by atoms with E-state index in [2.05, 4.69) is 33.1 Å². The van der Waals surface area contributed by atoms with Crippen LogP contribution in [-0.4, -0.2) is 118 Å². The van der Waals surface area contributed by atoms with Gasteiger partial charge in [-0.2, -0.15) is 11.8 Å². The molecule has 218 valence electrons. The van der Waals surface area contributed by atoms with Gasteiger partial charge in [0, 0.05) is 83.8 Å². The molecule has 3 heterocycles. The van der Waals surface area contributed by atoms with Gasteiger partial charge in [0.05, 0.1) is 18.6 Å². The number of urea groups is 1. The van der Waals surface area contributed by atoms with Gasteiger partial charge in [0.25, 0.3) is 0 Å². The molecule has 0 bridgehead atoms. The predicted molar refractivity (Wildman–Crippen MR) is 146 cm³/mol. The number of rotatable bonds is 15. The van der Waals surface area contributed by atoms with Crippen LogP contribution in [0.3, 0.4) is 0 Å². The highest BCUT2D eigenvalue weighted by molar-refractivity contribution is 8.00. The Morgan fingerprint density at radius 1 is 1.05 bits per heavy atom. The Bertz CT molecular complexity index is 911. The van der Waals surface area contributed by atoms with Crippen molar-refractivity contribution in [3.8, 4) is 11.8 Å². The summed E-state index contributed by atoms with van der Waals surface area (Å²) in [6.45, 7) is 2.89. The summed E-state index contributed by atoms with van der Waals surface area (Å²) >= 11 is 1.71. The third kappa shape index (κ3) is 10.2. The predicted octanol–water partition coefficient (Wildman–Crippen LogP) is -0.383. The molecule has 0 aromatic carbocycles. The molecule has 3 aliphatic heterocycles. The molecule has 0 aliphatic carbocycles. The van der Waals surface area contributed by atoms with Crippen molar-refractivity contribution in [2.75, 3.05) is 59.4 Å². The third-order valence-electron chi connectivity index (χ3n) is 6.86. The van der Waals surface area contributed by atoms with Gasteiger partial charge in [-0.05, 0) is 12.8 Å². The highest BCUT2D eigenvalue weighted by Gasteiger charge is 2.43. The van der Waals surface area contributed by atoms with Gasteiger partial charge in [-0.25, -0.2) is 4.79 Å². The first-order valence-electron chi connectivity index (χ1n) is 13.5. The van der Waals surface area contributed by atoms with E-state index in [0.717, 1.165) is 5.75 Å². The second kappa shape index (κ2) is 16.5. The monoisotopic (exact) mass is 567 g/mol. The lowest BCUT2D eigenvalue weighted by Crippen LogP contribution is -2.45. The smallest absolute Gasteiger partial charge is 0.315 e. The zero-order valence-electron chi connectivity index (χ0n) is 22.8. The summed E-state index contributed by atoms with van der Waals surface area (Å²) in [6, 6.07) is -0.0245. The lowest BCUT2D eigenvalue weighted by atomic mass is 10.1. The van der Waals surface area contributed by atoms with Crippen molar-refractivity contribution in [3.05, 3.63) is 0 Å². The minimum Gasteiger partial charge on any atom is -0.381 e. The molecule has 2 fully saturated rings. The van der Waals surface area contributed by atoms with Gasteiger partial charge in [0.1, 0.15) is 12.2 Å². The zero-order chi connectivity index (χ0) is 28.0. The van der Waals surface area contributed by atoms with Gasteiger partial charge in [-0.1, -0.05) is 11.8 Å². The number of fused-ring (bicyclic) bond motifs is 1. The van der Waals surface area contributed by atoms with Crippen molar-refractivity contribution in [3.63, 3.8) is 0 Å². The number of methoxy groups -OCH3 is 2. The zero-order valence-corrected chi connectivity index (χ0v) is 23.6. The Hall–Kier alpha value is -2.53. The van der Waals surface area contributed by atoms with Crippen molar-refractivity contribution in [1.29, 1.82) is 0 Å². The first-order chi connectivity index (χ1) is 18.9. The third-order valence-corrected chi connectivity index (χ3v) is 8.30. The Morgan fingerprint density at radius 2 is 1.79 bits per heavy atom. The molecule has 0 radical (unpaired) electrons. The van der Waals surface area contributed by atoms with Gasteiger partial charge >= 0.3 is 6.03 Å². The summed E-state index contributed by atoms with van der Waals surface area (Å²) in [7, 11) is 3.14. The van der Waals surface area contributed by atoms with Crippen LogP contribution in [0.15, 0.2) is 0 Å². The van der Waals surface area contributed by atoms with Crippen LogP contribution in [-0.2, 0) is 28.6 Å². The fourth-order valence-electron chi connectivity index (χ4n) is 4.69. The van der Waals surface area contributed by atoms with Crippen molar-refractivity contribution < 1.29 is 33.4 Å². The van der Waals surface area contributed by atoms with Gasteiger partial charge in [-0.15, -0.1) is 0 Å². The van der Waals surface area contributed by atoms with Crippen LogP contribution in [0.1, 0.15) is 38.5 Å². The molecule has 12 nitrogen and oxygen atoms in total. The van der Waals surface area contributed by atoms with E-state index in [0.29, 0.717) is 65.1 Å². The number of nitrogens with zero attached hydrogens (tertiary/aromatic N) is 1. The summed E-state index contributed by atoms with van der Waals surface area (Å²) in [4.78, 5) is 50.1. The van der Waals surface area contributed by atoms with E-state index in [9.17, 15) is 19.2 Å². The van der Waals surface area contributed by atoms with Gasteiger partial charge in [-0.3, -0.25) is 14.4 Å². The van der Waals surface area contributed by atoms with Crippen LogP contribution in [0, 0.1) is 11.8 Å². The molecule has 4 N–H and O–H groups in total. The molecule has 0 spiro atoms. The van der Waals surface area contributed by atoms with E-state index in [-0.39, 0.29) is 66.1 Å². The normalized spacial score (nSPS) is 25.8. The van der Waals surface area contributed by atoms with E-state index in [1.165, 1.54) is 0 Å². The topological polar surface area (TPSA) is 147 Å². The number of hydrogen-bond donors (Lipinski definition) is 4. The van der Waals surface area contributed by atoms with Crippen LogP contribution >= 0.6 is 11.8 Å². The molecule has 0 aromatic heterocycles. The molecule has 39 heavy (non-hydrogen) atoms. The Morgan fingerprint density at radius 3 is 2.51 bits per heavy atom. The number of amides is 5. The van der Waals surface area contributed by atoms with E-state index in [4.69, 9.17) is 14.2 Å². The highest BCUT2D eigenvalue weighted by Crippen LogP contribution is 2.31. The largest absolute Gasteiger partial charge is 0.381 e. The lowest BCUT2D eigenvalue weighted by molar-refractivity contribution is -0.136. The highest BCUT2D eigenvalue weighted by atomic mass is 32.2. The molecule has 2 unspecified atom stereocenters. The molecule has 0 aromatic rings. The average molecular weight is 568 g/mol. The van der Waals surface area contributed by atoms with Gasteiger partial charge < -0.3 is 40.4 Å². The second-order valence-corrected chi connectivity index (χ2v) is 11.0. The SMILES string of the molecule is CO[C@H]1C#CCCN(C(=O)CCC(=O)NCCCOCCCNC(=O)C[C@@H]2SCC3NC(=O)NC32)C[C@@H]1OC. The fraction of sp³-hybridized carbons (Fsp3) is 0.769. The van der Waals surface area contributed by atoms with Crippen molar-refractivity contribution in [2.24, 2.45) is 0 Å². The van der Waals surface area contributed by atoms with Gasteiger partial charge in [0.15, 0.2) is 0 Å². The van der Waals surface area contributed by atoms with Crippen LogP contribution in [0.2, 0.25) is 0 Å². The molecule has 5 atom stereocenters. The second-order valence-electron chi connectivity index (χ2n) is 9.69. The summed E-state index contributed by atoms with van der Waals surface area (Å²) in [5.41, 5.74) is 0. The van der Waals surface area contributed by atoms with Crippen LogP contribution in [0.25, 0.3) is 0 Å². The Balaban J connectivity index is 1.16. The van der Waals surface area contributed by atoms with Crippen LogP contribution in [0.4, 0.5) is 4.79 Å². The van der Waals surface area contributed by atoms with Crippen LogP contribution in [0.5, 0.6) is 0 Å². The summed E-state index contributed by atoms with van der Waals surface area (Å²) in [5.74, 6) is 6.56. The van der Waals surface area contributed by atoms with E-state index in [1.807, 2.05) is 0 Å². The van der Waals surface area contributed by atoms with Gasteiger partial charge in [0.2, 0.25) is 17.7 Å². The van der Waals surface area contributed by atoms with Crippen molar-refractivity contribution in [2.45, 2.75) is 68.1 Å². The lowest BCUT2D eigenvalue weighted by Gasteiger charge is -2.30. The molecular weight excluding hydrogens is 526 g/mol. The molecular formula is C26H41N5O7S. The maximum atomic E-state index is 12.6. The first kappa shape index (κ1) is 31.0. The molecule has 0 saturated carbocycles. The Kier molecular flexibility index (Phi) is 13.2. The van der Waals surface area contributed by atoms with Crippen LogP contribution < -0.4 is 21.3 Å². The summed E-state index contributed by atoms with van der Waals surface area (Å²) in [5, 5.41) is 11.6. The maximum Gasteiger partial charge on any atom is 0.315 e. The number of hydrogen-bond acceptors (Lipinski definition) is 8. The number of thioether (sulfide) groups is 1. The summed E-state index contributed by atoms with van der Waals surface area (Å²) < 4.78 is 16.4. The summed E-state index contributed by atoms with van der Waals surface area (Å²) in [6.07, 6.45) is 1.81. The van der Waals surface area contributed by atoms with E-state index < -0.39 is 0 Å². The van der Waals surface area contributed by atoms with Crippen molar-refractivity contribution in [1.82, 2.24) is 26.2 Å². The number of carbonyl (C=O) groups excluding carboxylic acids is 4. The minimum absolute atomic E-state index is 0.0182. The van der Waals surface area contributed by atoms with E-state index >= 15 is 0 Å². The standard InChI is InChI=1S/C26H41N5O7S/c1-36-19-7-3-4-12-31(16-20(19)37-2)24(34)9-8-22(32)27-10-5-13-38-14-6-11-28-23(33)15-21-25-18(17-39-21)29-26(35)30-25/h18-21,25H,4-6,8-17H2,1-2H3,(H,27,32)(H,28,33)(H2,29,30,35)/t18?,19-,20-,21-,25?/m0/s1. The molecule has 5 amide bonds. The fourth-order valence-corrected chi connectivity index (χ4v) is 6.17. The maximum absolute atomic E-state index is 12.6. The molecule has 3 rings (SSSR count). The van der Waals surface area contributed by atoms with E-state index in [1.54, 1.807) is 30.9 Å². The molecule has 3 aliphatic rings. The molecule has 13 heteroatoms. The number of carbonyl (C=O) groups is 4. The quantitative estimate of drug-likeness (QED) is 0.119. The van der Waals surface area contributed by atoms with Crippen molar-refractivity contribution >= 4 is 35.5 Å². The Labute approximate surface area is 234 Å². The minimum atomic E-state index is -0.389. The average Bonchev–Trinajstić information content (AvgIpc) is 3.46. The molecule has 2 saturated heterocycles. The number of nitrogens with one attached hydrogen (secondary N) is 4. The number of ether oxygens (including phenoxy) is 3.